The molecule has 0 saturated heterocycles. The Morgan fingerprint density at radius 1 is 0.460 bits per heavy atom. The van der Waals surface area contributed by atoms with Crippen molar-refractivity contribution >= 4 is 21.9 Å². The van der Waals surface area contributed by atoms with Crippen molar-refractivity contribution in [3.05, 3.63) is 235 Å². The summed E-state index contributed by atoms with van der Waals surface area (Å²) in [6.07, 6.45) is 5.59. The molecule has 4 aromatic heterocycles. The SMILES string of the molecule is c1ccc(-n2c(-c3ccc(-c4ccc5c(c4)C4(c6ccccc6Oc6ccccc64)c4cc(-c6cccnc6)ccc4-5)cc3)nc3c4ccccc4nc(-c4ccccn4)c32)cc1. The molecule has 0 fully saturated rings. The van der Waals surface area contributed by atoms with Crippen LogP contribution in [0.2, 0.25) is 0 Å². The predicted octanol–water partition coefficient (Wildman–Crippen LogP) is 13.5. The number of hydrogen-bond donors (Lipinski definition) is 0. The first kappa shape index (κ1) is 35.3. The number of fused-ring (bicyclic) bond motifs is 12. The average Bonchev–Trinajstić information content (AvgIpc) is 3.90. The van der Waals surface area contributed by atoms with E-state index in [4.69, 9.17) is 19.7 Å². The third-order valence-electron chi connectivity index (χ3n) is 12.8. The van der Waals surface area contributed by atoms with Crippen LogP contribution in [0.4, 0.5) is 0 Å². The van der Waals surface area contributed by atoms with Gasteiger partial charge in [0.2, 0.25) is 0 Å². The van der Waals surface area contributed by atoms with Gasteiger partial charge in [0.15, 0.2) is 0 Å². The standard InChI is InChI=1S/C57H35N5O/c1-2-14-41(15-3-1)62-55-53(44-16-4-7-19-49(44)60-54(55)50-20-10-11-32-59-50)61-56(62)37-25-23-36(24-26-37)38-27-29-42-43-30-28-39(40-13-12-31-58-35-40)34-48(43)57(47(42)33-38)45-17-5-8-21-51(45)63-52-22-9-6-18-46(52)57/h1-35H. The summed E-state index contributed by atoms with van der Waals surface area (Å²) in [4.78, 5) is 19.9. The van der Waals surface area contributed by atoms with Crippen LogP contribution in [0.15, 0.2) is 213 Å². The average molecular weight is 806 g/mol. The number of benzene rings is 7. The lowest BCUT2D eigenvalue weighted by atomic mass is 9.65. The summed E-state index contributed by atoms with van der Waals surface area (Å²) in [5, 5.41) is 0.997. The van der Waals surface area contributed by atoms with E-state index in [0.29, 0.717) is 0 Å². The highest BCUT2D eigenvalue weighted by Gasteiger charge is 2.51. The second-order valence-electron chi connectivity index (χ2n) is 16.2. The molecular formula is C57H35N5O. The number of imidazole rings is 1. The topological polar surface area (TPSA) is 65.7 Å². The van der Waals surface area contributed by atoms with Crippen molar-refractivity contribution < 1.29 is 4.74 Å². The fourth-order valence-electron chi connectivity index (χ4n) is 10.1. The number of ether oxygens (including phenoxy) is 1. The van der Waals surface area contributed by atoms with Crippen LogP contribution in [0.3, 0.4) is 0 Å². The highest BCUT2D eigenvalue weighted by Crippen LogP contribution is 2.62. The quantitative estimate of drug-likeness (QED) is 0.173. The van der Waals surface area contributed by atoms with Gasteiger partial charge in [-0.1, -0.05) is 133 Å². The van der Waals surface area contributed by atoms with Gasteiger partial charge in [-0.05, 0) is 105 Å². The molecule has 6 nitrogen and oxygen atoms in total. The second kappa shape index (κ2) is 13.8. The van der Waals surface area contributed by atoms with E-state index in [1.807, 2.05) is 61.1 Å². The Labute approximate surface area is 363 Å². The third kappa shape index (κ3) is 5.25. The van der Waals surface area contributed by atoms with Crippen LogP contribution in [0, 0.1) is 0 Å². The number of hydrogen-bond acceptors (Lipinski definition) is 5. The zero-order valence-corrected chi connectivity index (χ0v) is 33.9. The van der Waals surface area contributed by atoms with Gasteiger partial charge >= 0.3 is 0 Å². The molecule has 0 atom stereocenters. The lowest BCUT2D eigenvalue weighted by Crippen LogP contribution is -2.32. The van der Waals surface area contributed by atoms with E-state index in [-0.39, 0.29) is 0 Å². The molecule has 0 N–H and O–H groups in total. The summed E-state index contributed by atoms with van der Waals surface area (Å²) in [6.45, 7) is 0. The zero-order chi connectivity index (χ0) is 41.5. The third-order valence-corrected chi connectivity index (χ3v) is 12.8. The molecule has 0 bridgehead atoms. The van der Waals surface area contributed by atoms with E-state index in [2.05, 4.69) is 161 Å². The molecule has 1 spiro atoms. The molecule has 11 aromatic rings. The molecule has 7 aromatic carbocycles. The fraction of sp³-hybridized carbons (Fsp3) is 0.0175. The summed E-state index contributed by atoms with van der Waals surface area (Å²) in [5.74, 6) is 2.57. The predicted molar refractivity (Wildman–Crippen MR) is 251 cm³/mol. The molecule has 0 saturated carbocycles. The van der Waals surface area contributed by atoms with Crippen LogP contribution in [-0.2, 0) is 5.41 Å². The molecule has 0 amide bonds. The van der Waals surface area contributed by atoms with Crippen molar-refractivity contribution in [1.82, 2.24) is 24.5 Å². The van der Waals surface area contributed by atoms with Crippen molar-refractivity contribution in [2.24, 2.45) is 0 Å². The largest absolute Gasteiger partial charge is 0.457 e. The number of para-hydroxylation sites is 4. The van der Waals surface area contributed by atoms with E-state index in [1.54, 1.807) is 0 Å². The zero-order valence-electron chi connectivity index (χ0n) is 33.9. The first-order valence-corrected chi connectivity index (χ1v) is 21.2. The highest BCUT2D eigenvalue weighted by atomic mass is 16.5. The van der Waals surface area contributed by atoms with Crippen molar-refractivity contribution in [3.8, 4) is 73.3 Å². The lowest BCUT2D eigenvalue weighted by Gasteiger charge is -2.39. The second-order valence-corrected chi connectivity index (χ2v) is 16.2. The monoisotopic (exact) mass is 805 g/mol. The number of rotatable bonds is 5. The van der Waals surface area contributed by atoms with Gasteiger partial charge in [0.1, 0.15) is 34.1 Å². The first-order chi connectivity index (χ1) is 31.2. The molecule has 6 heteroatoms. The summed E-state index contributed by atoms with van der Waals surface area (Å²) in [5.41, 5.74) is 17.3. The van der Waals surface area contributed by atoms with Gasteiger partial charge in [0.25, 0.3) is 0 Å². The minimum absolute atomic E-state index is 0.618. The van der Waals surface area contributed by atoms with E-state index in [1.165, 1.54) is 22.3 Å². The van der Waals surface area contributed by atoms with Gasteiger partial charge in [-0.2, -0.15) is 0 Å². The summed E-state index contributed by atoms with van der Waals surface area (Å²) in [7, 11) is 0. The van der Waals surface area contributed by atoms with Crippen LogP contribution >= 0.6 is 0 Å². The van der Waals surface area contributed by atoms with Gasteiger partial charge in [0, 0.05) is 46.4 Å². The molecule has 1 aliphatic heterocycles. The maximum Gasteiger partial charge on any atom is 0.145 e. The molecule has 63 heavy (non-hydrogen) atoms. The Morgan fingerprint density at radius 2 is 1.10 bits per heavy atom. The van der Waals surface area contributed by atoms with Crippen LogP contribution in [0.5, 0.6) is 11.5 Å². The van der Waals surface area contributed by atoms with E-state index in [9.17, 15) is 0 Å². The van der Waals surface area contributed by atoms with Crippen molar-refractivity contribution in [2.45, 2.75) is 5.41 Å². The molecule has 13 rings (SSSR count). The minimum Gasteiger partial charge on any atom is -0.457 e. The molecule has 5 heterocycles. The van der Waals surface area contributed by atoms with Crippen LogP contribution < -0.4 is 4.74 Å². The summed E-state index contributed by atoms with van der Waals surface area (Å²) >= 11 is 0. The summed E-state index contributed by atoms with van der Waals surface area (Å²) in [6, 6.07) is 68.5. The van der Waals surface area contributed by atoms with Crippen LogP contribution in [0.1, 0.15) is 22.3 Å². The van der Waals surface area contributed by atoms with Gasteiger partial charge in [-0.15, -0.1) is 0 Å². The van der Waals surface area contributed by atoms with E-state index >= 15 is 0 Å². The Balaban J connectivity index is 1.00. The molecule has 1 aliphatic carbocycles. The molecule has 294 valence electrons. The Hall–Kier alpha value is -8.48. The van der Waals surface area contributed by atoms with Crippen LogP contribution in [0.25, 0.3) is 83.8 Å². The van der Waals surface area contributed by atoms with E-state index < -0.39 is 5.41 Å². The normalized spacial score (nSPS) is 13.0. The van der Waals surface area contributed by atoms with Gasteiger partial charge in [-0.25, -0.2) is 9.97 Å². The Morgan fingerprint density at radius 3 is 1.79 bits per heavy atom. The van der Waals surface area contributed by atoms with Crippen molar-refractivity contribution in [2.75, 3.05) is 0 Å². The number of pyridine rings is 3. The molecule has 2 aliphatic rings. The van der Waals surface area contributed by atoms with E-state index in [0.717, 1.165) is 95.3 Å². The highest BCUT2D eigenvalue weighted by molar-refractivity contribution is 6.09. The summed E-state index contributed by atoms with van der Waals surface area (Å²) < 4.78 is 8.91. The van der Waals surface area contributed by atoms with Crippen molar-refractivity contribution in [3.63, 3.8) is 0 Å². The van der Waals surface area contributed by atoms with Crippen LogP contribution in [-0.4, -0.2) is 24.5 Å². The lowest BCUT2D eigenvalue weighted by molar-refractivity contribution is 0.436. The smallest absolute Gasteiger partial charge is 0.145 e. The van der Waals surface area contributed by atoms with Crippen molar-refractivity contribution in [1.29, 1.82) is 0 Å². The van der Waals surface area contributed by atoms with Gasteiger partial charge in [0.05, 0.1) is 16.6 Å². The van der Waals surface area contributed by atoms with Gasteiger partial charge in [-0.3, -0.25) is 14.5 Å². The Bertz CT molecular complexity index is 3540. The molecular weight excluding hydrogens is 771 g/mol. The molecule has 0 unspecified atom stereocenters. The van der Waals surface area contributed by atoms with Gasteiger partial charge < -0.3 is 4.74 Å². The fourth-order valence-corrected chi connectivity index (χ4v) is 10.1. The minimum atomic E-state index is -0.618. The molecule has 0 radical (unpaired) electrons. The number of aromatic nitrogens is 5. The number of nitrogens with zero attached hydrogens (tertiary/aromatic N) is 5. The maximum atomic E-state index is 6.67. The Kier molecular flexibility index (Phi) is 7.72. The first-order valence-electron chi connectivity index (χ1n) is 21.2. The maximum absolute atomic E-state index is 6.67.